The maximum Gasteiger partial charge on any atom is 0.573 e. The Labute approximate surface area is 146 Å². The Bertz CT molecular complexity index is 510. The molecule has 0 fully saturated rings. The average molecular weight is 364 g/mol. The van der Waals surface area contributed by atoms with E-state index in [2.05, 4.69) is 43.1 Å². The van der Waals surface area contributed by atoms with Gasteiger partial charge in [-0.05, 0) is 64.2 Å². The molecule has 8 heteroatoms. The second-order valence-corrected chi connectivity index (χ2v) is 6.50. The molecule has 0 spiro atoms. The number of benzene rings is 1. The molecule has 0 saturated carbocycles. The molecule has 0 saturated heterocycles. The standard InChI is InChI=1S/C16H24F3N3OS/c1-11(2)22(12(3)4)10-9-20-15(24)21-13-5-7-14(8-6-13)23-16(17,18)19/h5-8,11-12H,9-10H2,1-4H3,(H2,20,21,24)/p+1. The van der Waals surface area contributed by atoms with E-state index in [1.54, 1.807) is 0 Å². The first-order valence-electron chi connectivity index (χ1n) is 7.84. The van der Waals surface area contributed by atoms with Gasteiger partial charge in [0.15, 0.2) is 5.11 Å². The van der Waals surface area contributed by atoms with Crippen LogP contribution in [0.4, 0.5) is 18.9 Å². The van der Waals surface area contributed by atoms with E-state index in [1.165, 1.54) is 29.2 Å². The van der Waals surface area contributed by atoms with Gasteiger partial charge < -0.3 is 20.3 Å². The molecule has 4 nitrogen and oxygen atoms in total. The molecule has 24 heavy (non-hydrogen) atoms. The van der Waals surface area contributed by atoms with Gasteiger partial charge in [-0.3, -0.25) is 0 Å². The lowest BCUT2D eigenvalue weighted by Crippen LogP contribution is -3.18. The number of nitrogens with one attached hydrogen (secondary N) is 3. The fourth-order valence-electron chi connectivity index (χ4n) is 2.48. The van der Waals surface area contributed by atoms with E-state index in [-0.39, 0.29) is 5.75 Å². The zero-order chi connectivity index (χ0) is 18.3. The summed E-state index contributed by atoms with van der Waals surface area (Å²) >= 11 is 5.20. The summed E-state index contributed by atoms with van der Waals surface area (Å²) in [6.45, 7) is 10.3. The van der Waals surface area contributed by atoms with Gasteiger partial charge in [-0.2, -0.15) is 0 Å². The quantitative estimate of drug-likeness (QED) is 0.650. The zero-order valence-corrected chi connectivity index (χ0v) is 15.1. The lowest BCUT2D eigenvalue weighted by molar-refractivity contribution is -0.941. The van der Waals surface area contributed by atoms with Crippen LogP contribution in [0.1, 0.15) is 27.7 Å². The third-order valence-corrected chi connectivity index (χ3v) is 3.77. The number of anilines is 1. The van der Waals surface area contributed by atoms with E-state index < -0.39 is 6.36 Å². The van der Waals surface area contributed by atoms with Crippen LogP contribution in [0.5, 0.6) is 5.75 Å². The van der Waals surface area contributed by atoms with E-state index in [4.69, 9.17) is 12.2 Å². The molecule has 1 aromatic rings. The number of quaternary nitrogens is 1. The van der Waals surface area contributed by atoms with Gasteiger partial charge in [0, 0.05) is 5.69 Å². The normalized spacial score (nSPS) is 11.9. The van der Waals surface area contributed by atoms with E-state index in [1.807, 2.05) is 0 Å². The molecule has 0 aliphatic rings. The molecule has 0 heterocycles. The maximum absolute atomic E-state index is 12.1. The minimum absolute atomic E-state index is 0.264. The Morgan fingerprint density at radius 1 is 1.12 bits per heavy atom. The van der Waals surface area contributed by atoms with E-state index >= 15 is 0 Å². The van der Waals surface area contributed by atoms with Crippen LogP contribution in [0, 0.1) is 0 Å². The van der Waals surface area contributed by atoms with Crippen molar-refractivity contribution in [2.75, 3.05) is 18.4 Å². The van der Waals surface area contributed by atoms with Crippen LogP contribution < -0.4 is 20.3 Å². The van der Waals surface area contributed by atoms with Crippen molar-refractivity contribution in [3.63, 3.8) is 0 Å². The van der Waals surface area contributed by atoms with Gasteiger partial charge in [-0.15, -0.1) is 13.2 Å². The second-order valence-electron chi connectivity index (χ2n) is 6.09. The number of ether oxygens (including phenoxy) is 1. The first-order valence-corrected chi connectivity index (χ1v) is 8.25. The zero-order valence-electron chi connectivity index (χ0n) is 14.3. The summed E-state index contributed by atoms with van der Waals surface area (Å²) in [5.41, 5.74) is 0.596. The molecule has 0 aliphatic carbocycles. The van der Waals surface area contributed by atoms with Crippen molar-refractivity contribution in [3.8, 4) is 5.75 Å². The summed E-state index contributed by atoms with van der Waals surface area (Å²) in [4.78, 5) is 1.47. The van der Waals surface area contributed by atoms with Gasteiger partial charge in [-0.1, -0.05) is 0 Å². The number of alkyl halides is 3. The number of rotatable bonds is 7. The third kappa shape index (κ3) is 7.83. The molecule has 0 aromatic heterocycles. The van der Waals surface area contributed by atoms with Gasteiger partial charge in [0.2, 0.25) is 0 Å². The lowest BCUT2D eigenvalue weighted by Gasteiger charge is -2.27. The second kappa shape index (κ2) is 9.08. The Morgan fingerprint density at radius 3 is 2.12 bits per heavy atom. The highest BCUT2D eigenvalue weighted by molar-refractivity contribution is 7.80. The smallest absolute Gasteiger partial charge is 0.406 e. The molecule has 136 valence electrons. The summed E-state index contributed by atoms with van der Waals surface area (Å²) in [5.74, 6) is -0.264. The van der Waals surface area contributed by atoms with Crippen molar-refractivity contribution >= 4 is 23.0 Å². The fourth-order valence-corrected chi connectivity index (χ4v) is 2.70. The molecule has 1 aromatic carbocycles. The number of thiocarbonyl (C=S) groups is 1. The third-order valence-electron chi connectivity index (χ3n) is 3.53. The van der Waals surface area contributed by atoms with Crippen molar-refractivity contribution in [3.05, 3.63) is 24.3 Å². The summed E-state index contributed by atoms with van der Waals surface area (Å²) in [6, 6.07) is 6.48. The molecular weight excluding hydrogens is 339 g/mol. The number of hydrogen-bond acceptors (Lipinski definition) is 2. The van der Waals surface area contributed by atoms with E-state index in [0.29, 0.717) is 29.4 Å². The minimum atomic E-state index is -4.69. The van der Waals surface area contributed by atoms with Gasteiger partial charge in [0.1, 0.15) is 5.75 Å². The topological polar surface area (TPSA) is 37.7 Å². The predicted octanol–water partition coefficient (Wildman–Crippen LogP) is 2.57. The molecule has 0 unspecified atom stereocenters. The van der Waals surface area contributed by atoms with Gasteiger partial charge in [0.05, 0.1) is 25.2 Å². The van der Waals surface area contributed by atoms with Crippen LogP contribution in [-0.2, 0) is 0 Å². The summed E-state index contributed by atoms with van der Waals surface area (Å²) in [6.07, 6.45) is -4.69. The van der Waals surface area contributed by atoms with Crippen LogP contribution in [0.3, 0.4) is 0 Å². The largest absolute Gasteiger partial charge is 0.573 e. The molecule has 3 N–H and O–H groups in total. The van der Waals surface area contributed by atoms with Crippen molar-refractivity contribution in [2.45, 2.75) is 46.1 Å². The van der Waals surface area contributed by atoms with Crippen LogP contribution in [0.25, 0.3) is 0 Å². The SMILES string of the molecule is CC(C)[NH+](CCNC(=S)Nc1ccc(OC(F)(F)F)cc1)C(C)C. The van der Waals surface area contributed by atoms with Gasteiger partial charge in [0.25, 0.3) is 0 Å². The number of halogens is 3. The summed E-state index contributed by atoms with van der Waals surface area (Å²) in [7, 11) is 0. The first kappa shape index (κ1) is 20.5. The molecule has 1 rings (SSSR count). The van der Waals surface area contributed by atoms with E-state index in [9.17, 15) is 13.2 Å². The Balaban J connectivity index is 2.42. The highest BCUT2D eigenvalue weighted by atomic mass is 32.1. The van der Waals surface area contributed by atoms with Crippen molar-refractivity contribution in [1.82, 2.24) is 5.32 Å². The summed E-state index contributed by atoms with van der Waals surface area (Å²) < 4.78 is 40.1. The lowest BCUT2D eigenvalue weighted by atomic mass is 10.2. The van der Waals surface area contributed by atoms with E-state index in [0.717, 1.165) is 6.54 Å². The Morgan fingerprint density at radius 2 is 1.67 bits per heavy atom. The van der Waals surface area contributed by atoms with Crippen molar-refractivity contribution in [2.24, 2.45) is 0 Å². The maximum atomic E-state index is 12.1. The minimum Gasteiger partial charge on any atom is -0.406 e. The molecular formula is C16H25F3N3OS+. The molecule has 0 radical (unpaired) electrons. The average Bonchev–Trinajstić information content (AvgIpc) is 2.43. The highest BCUT2D eigenvalue weighted by Gasteiger charge is 2.30. The van der Waals surface area contributed by atoms with Gasteiger partial charge >= 0.3 is 6.36 Å². The first-order chi connectivity index (χ1) is 11.1. The Kier molecular flexibility index (Phi) is 7.75. The monoisotopic (exact) mass is 364 g/mol. The van der Waals surface area contributed by atoms with Crippen LogP contribution >= 0.6 is 12.2 Å². The molecule has 0 aliphatic heterocycles. The number of hydrogen-bond donors (Lipinski definition) is 3. The van der Waals surface area contributed by atoms with Crippen LogP contribution in [-0.4, -0.2) is 36.6 Å². The highest BCUT2D eigenvalue weighted by Crippen LogP contribution is 2.23. The van der Waals surface area contributed by atoms with Gasteiger partial charge in [-0.25, -0.2) is 0 Å². The van der Waals surface area contributed by atoms with Crippen LogP contribution in [0.2, 0.25) is 0 Å². The van der Waals surface area contributed by atoms with Crippen molar-refractivity contribution < 1.29 is 22.8 Å². The van der Waals surface area contributed by atoms with Crippen molar-refractivity contribution in [1.29, 1.82) is 0 Å². The summed E-state index contributed by atoms with van der Waals surface area (Å²) in [5, 5.41) is 6.49. The fraction of sp³-hybridized carbons (Fsp3) is 0.562. The molecule has 0 bridgehead atoms. The van der Waals surface area contributed by atoms with Crippen LogP contribution in [0.15, 0.2) is 24.3 Å². The molecule has 0 amide bonds. The molecule has 0 atom stereocenters. The Hall–Kier alpha value is -1.54. The predicted molar refractivity (Wildman–Crippen MR) is 93.5 cm³/mol.